The molecule has 0 aliphatic rings. The third-order valence-corrected chi connectivity index (χ3v) is 3.61. The maximum absolute atomic E-state index is 10.6. The van der Waals surface area contributed by atoms with Crippen LogP contribution in [0.1, 0.15) is 24.0 Å². The zero-order valence-corrected chi connectivity index (χ0v) is 14.7. The van der Waals surface area contributed by atoms with Gasteiger partial charge in [-0.05, 0) is 24.1 Å². The first-order valence-corrected chi connectivity index (χ1v) is 7.91. The number of nitrogens with zero attached hydrogens (tertiary/aromatic N) is 2. The SMILES string of the molecule is COc1cc(Cc2cnc(N)nc2N)cc(OC)c1OCCCC(=O)O. The number of aliphatic carboxylic acids is 1. The van der Waals surface area contributed by atoms with Crippen molar-refractivity contribution in [3.05, 3.63) is 29.5 Å². The Bertz CT molecular complexity index is 757. The molecule has 1 aromatic carbocycles. The molecule has 2 rings (SSSR count). The minimum atomic E-state index is -0.869. The summed E-state index contributed by atoms with van der Waals surface area (Å²) in [6, 6.07) is 3.59. The number of nitrogens with two attached hydrogens (primary N) is 2. The van der Waals surface area contributed by atoms with E-state index < -0.39 is 5.97 Å². The molecular formula is C17H22N4O5. The number of hydrogen-bond donors (Lipinski definition) is 3. The predicted octanol–water partition coefficient (Wildman–Crippen LogP) is 1.49. The maximum Gasteiger partial charge on any atom is 0.303 e. The number of ether oxygens (including phenoxy) is 3. The Morgan fingerprint density at radius 3 is 2.38 bits per heavy atom. The summed E-state index contributed by atoms with van der Waals surface area (Å²) in [7, 11) is 3.03. The van der Waals surface area contributed by atoms with E-state index in [9.17, 15) is 4.79 Å². The molecule has 0 spiro atoms. The molecule has 0 saturated heterocycles. The van der Waals surface area contributed by atoms with E-state index in [0.29, 0.717) is 35.9 Å². The molecule has 0 atom stereocenters. The quantitative estimate of drug-likeness (QED) is 0.565. The molecule has 0 radical (unpaired) electrons. The Morgan fingerprint density at radius 1 is 1.19 bits per heavy atom. The molecule has 0 aliphatic carbocycles. The summed E-state index contributed by atoms with van der Waals surface area (Å²) in [6.45, 7) is 0.233. The van der Waals surface area contributed by atoms with Crippen molar-refractivity contribution in [3.8, 4) is 17.2 Å². The Kier molecular flexibility index (Phi) is 6.42. The van der Waals surface area contributed by atoms with Crippen LogP contribution in [0, 0.1) is 0 Å². The van der Waals surface area contributed by atoms with Crippen molar-refractivity contribution < 1.29 is 24.1 Å². The van der Waals surface area contributed by atoms with Gasteiger partial charge >= 0.3 is 5.97 Å². The number of nitrogen functional groups attached to an aromatic ring is 2. The van der Waals surface area contributed by atoms with Gasteiger partial charge in [0.2, 0.25) is 11.7 Å². The van der Waals surface area contributed by atoms with E-state index in [1.165, 1.54) is 14.2 Å². The molecule has 1 heterocycles. The number of carboxylic acids is 1. The summed E-state index contributed by atoms with van der Waals surface area (Å²) in [6.07, 6.45) is 2.44. The lowest BCUT2D eigenvalue weighted by Gasteiger charge is -2.16. The fourth-order valence-corrected chi connectivity index (χ4v) is 2.37. The van der Waals surface area contributed by atoms with Gasteiger partial charge in [0.05, 0.1) is 20.8 Å². The summed E-state index contributed by atoms with van der Waals surface area (Å²) in [5, 5.41) is 8.70. The molecule has 0 saturated carbocycles. The van der Waals surface area contributed by atoms with Crippen LogP contribution in [0.5, 0.6) is 17.2 Å². The van der Waals surface area contributed by atoms with Crippen molar-refractivity contribution in [2.75, 3.05) is 32.3 Å². The standard InChI is InChI=1S/C17H22N4O5/c1-24-12-7-10(6-11-9-20-17(19)21-16(11)18)8-13(25-2)15(12)26-5-3-4-14(22)23/h7-9H,3-6H2,1-2H3,(H,22,23)(H4,18,19,20,21). The number of anilines is 2. The third-order valence-electron chi connectivity index (χ3n) is 3.61. The number of rotatable bonds is 9. The van der Waals surface area contributed by atoms with Crippen LogP contribution in [0.25, 0.3) is 0 Å². The van der Waals surface area contributed by atoms with Crippen LogP contribution in [-0.2, 0) is 11.2 Å². The largest absolute Gasteiger partial charge is 0.493 e. The van der Waals surface area contributed by atoms with Crippen LogP contribution in [0.3, 0.4) is 0 Å². The lowest BCUT2D eigenvalue weighted by Crippen LogP contribution is -2.06. The molecule has 0 aliphatic heterocycles. The van der Waals surface area contributed by atoms with Gasteiger partial charge in [0.15, 0.2) is 11.5 Å². The van der Waals surface area contributed by atoms with Crippen LogP contribution < -0.4 is 25.7 Å². The molecule has 2 aromatic rings. The zero-order chi connectivity index (χ0) is 19.1. The van der Waals surface area contributed by atoms with Gasteiger partial charge in [0.25, 0.3) is 0 Å². The summed E-state index contributed by atoms with van der Waals surface area (Å²) < 4.78 is 16.4. The van der Waals surface area contributed by atoms with Gasteiger partial charge in [0, 0.05) is 24.6 Å². The zero-order valence-electron chi connectivity index (χ0n) is 14.7. The smallest absolute Gasteiger partial charge is 0.303 e. The summed E-state index contributed by atoms with van der Waals surface area (Å²) in [5.74, 6) is 0.932. The Labute approximate surface area is 150 Å². The van der Waals surface area contributed by atoms with Gasteiger partial charge in [0.1, 0.15) is 5.82 Å². The van der Waals surface area contributed by atoms with Crippen molar-refractivity contribution in [1.82, 2.24) is 9.97 Å². The Hall–Kier alpha value is -3.23. The Balaban J connectivity index is 2.22. The molecule has 9 nitrogen and oxygen atoms in total. The average Bonchev–Trinajstić information content (AvgIpc) is 2.61. The predicted molar refractivity (Wildman–Crippen MR) is 95.6 cm³/mol. The molecule has 0 amide bonds. The van der Waals surface area contributed by atoms with Gasteiger partial charge in [-0.25, -0.2) is 4.98 Å². The summed E-state index contributed by atoms with van der Waals surface area (Å²) in [4.78, 5) is 18.5. The first-order chi connectivity index (χ1) is 12.4. The topological polar surface area (TPSA) is 143 Å². The van der Waals surface area contributed by atoms with Gasteiger partial charge < -0.3 is 30.8 Å². The first kappa shape index (κ1) is 19.1. The molecule has 0 unspecified atom stereocenters. The second-order valence-electron chi connectivity index (χ2n) is 5.49. The second kappa shape index (κ2) is 8.75. The Morgan fingerprint density at radius 2 is 1.85 bits per heavy atom. The average molecular weight is 362 g/mol. The molecule has 1 aromatic heterocycles. The van der Waals surface area contributed by atoms with E-state index in [1.807, 2.05) is 0 Å². The van der Waals surface area contributed by atoms with E-state index in [-0.39, 0.29) is 19.0 Å². The molecule has 9 heteroatoms. The van der Waals surface area contributed by atoms with E-state index >= 15 is 0 Å². The normalized spacial score (nSPS) is 10.4. The van der Waals surface area contributed by atoms with Gasteiger partial charge in [-0.1, -0.05) is 0 Å². The van der Waals surface area contributed by atoms with Crippen molar-refractivity contribution in [3.63, 3.8) is 0 Å². The van der Waals surface area contributed by atoms with Crippen LogP contribution in [0.4, 0.5) is 11.8 Å². The monoisotopic (exact) mass is 362 g/mol. The van der Waals surface area contributed by atoms with Crippen LogP contribution in [0.15, 0.2) is 18.3 Å². The molecule has 140 valence electrons. The highest BCUT2D eigenvalue weighted by Gasteiger charge is 2.16. The van der Waals surface area contributed by atoms with E-state index in [1.54, 1.807) is 18.3 Å². The van der Waals surface area contributed by atoms with Crippen LogP contribution in [0.2, 0.25) is 0 Å². The number of methoxy groups -OCH3 is 2. The van der Waals surface area contributed by atoms with E-state index in [4.69, 9.17) is 30.8 Å². The number of aromatic nitrogens is 2. The fourth-order valence-electron chi connectivity index (χ4n) is 2.37. The molecule has 5 N–H and O–H groups in total. The molecule has 26 heavy (non-hydrogen) atoms. The summed E-state index contributed by atoms with van der Waals surface area (Å²) in [5.41, 5.74) is 13.0. The van der Waals surface area contributed by atoms with Crippen molar-refractivity contribution in [1.29, 1.82) is 0 Å². The van der Waals surface area contributed by atoms with Crippen molar-refractivity contribution in [2.45, 2.75) is 19.3 Å². The van der Waals surface area contributed by atoms with Crippen LogP contribution in [-0.4, -0.2) is 41.9 Å². The van der Waals surface area contributed by atoms with Gasteiger partial charge in [-0.3, -0.25) is 4.79 Å². The van der Waals surface area contributed by atoms with Crippen molar-refractivity contribution >= 4 is 17.7 Å². The number of benzene rings is 1. The molecule has 0 fully saturated rings. The lowest BCUT2D eigenvalue weighted by atomic mass is 10.1. The van der Waals surface area contributed by atoms with E-state index in [0.717, 1.165) is 11.1 Å². The fraction of sp³-hybridized carbons (Fsp3) is 0.353. The van der Waals surface area contributed by atoms with Crippen molar-refractivity contribution in [2.24, 2.45) is 0 Å². The highest BCUT2D eigenvalue weighted by atomic mass is 16.5. The molecular weight excluding hydrogens is 340 g/mol. The number of hydrogen-bond acceptors (Lipinski definition) is 8. The van der Waals surface area contributed by atoms with E-state index in [2.05, 4.69) is 9.97 Å². The number of carbonyl (C=O) groups is 1. The van der Waals surface area contributed by atoms with Gasteiger partial charge in [-0.2, -0.15) is 4.98 Å². The minimum Gasteiger partial charge on any atom is -0.493 e. The van der Waals surface area contributed by atoms with Gasteiger partial charge in [-0.15, -0.1) is 0 Å². The van der Waals surface area contributed by atoms with Crippen LogP contribution >= 0.6 is 0 Å². The maximum atomic E-state index is 10.6. The molecule has 0 bridgehead atoms. The minimum absolute atomic E-state index is 0.0269. The second-order valence-corrected chi connectivity index (χ2v) is 5.49. The number of carboxylic acid groups (broad SMARTS) is 1. The lowest BCUT2D eigenvalue weighted by molar-refractivity contribution is -0.137. The highest BCUT2D eigenvalue weighted by Crippen LogP contribution is 2.39. The summed E-state index contributed by atoms with van der Waals surface area (Å²) >= 11 is 0. The first-order valence-electron chi connectivity index (χ1n) is 7.91. The highest BCUT2D eigenvalue weighted by molar-refractivity contribution is 5.66. The third kappa shape index (κ3) is 4.88.